The zero-order chi connectivity index (χ0) is 4.50. The third-order valence-electron chi connectivity index (χ3n) is 0. The Morgan fingerprint density at radius 1 is 1.17 bits per heavy atom. The first-order valence-electron chi connectivity index (χ1n) is 0.791. The number of thiol groups is 1. The predicted molar refractivity (Wildman–Crippen MR) is 22.2 cm³/mol. The van der Waals surface area contributed by atoms with E-state index in [1.54, 1.807) is 0 Å². The Balaban J connectivity index is 0. The Kier molecular flexibility index (Phi) is 4.67. The molecule has 0 aromatic carbocycles. The fraction of sp³-hybridized carbons (Fsp3) is 1.00. The van der Waals surface area contributed by atoms with Gasteiger partial charge in [-0.3, -0.25) is 0 Å². The van der Waals surface area contributed by atoms with Gasteiger partial charge >= 0.3 is 24.4 Å². The maximum absolute atomic E-state index is 10.2. The summed E-state index contributed by atoms with van der Waals surface area (Å²) in [7, 11) is 0. The number of alkyl halides is 3. The van der Waals surface area contributed by atoms with Crippen molar-refractivity contribution < 1.29 is 13.2 Å². The second kappa shape index (κ2) is 2.84. The van der Waals surface area contributed by atoms with E-state index in [-0.39, 0.29) is 18.9 Å². The molecule has 0 aliphatic heterocycles. The summed E-state index contributed by atoms with van der Waals surface area (Å²) in [6.07, 6.45) is 0. The van der Waals surface area contributed by atoms with Crippen LogP contribution in [0.3, 0.4) is 0 Å². The van der Waals surface area contributed by atoms with E-state index in [9.17, 15) is 13.2 Å². The molecule has 0 aliphatic carbocycles. The Labute approximate surface area is 50.7 Å². The summed E-state index contributed by atoms with van der Waals surface area (Å²) < 4.78 is 30.7. The zero-order valence-corrected chi connectivity index (χ0v) is 2.98. The molecule has 0 aromatic rings. The van der Waals surface area contributed by atoms with E-state index in [0.717, 1.165) is 0 Å². The summed E-state index contributed by atoms with van der Waals surface area (Å²) in [5.41, 5.74) is -4.31. The average molecular weight is 110 g/mol. The Hall–Kier alpha value is 0.737. The molecule has 0 aromatic heterocycles. The maximum atomic E-state index is 10.2. The molecular weight excluding hydrogens is 108 g/mol. The molecule has 0 unspecified atom stereocenters. The van der Waals surface area contributed by atoms with Gasteiger partial charge in [-0.1, -0.05) is 12.6 Å². The van der Waals surface area contributed by atoms with Gasteiger partial charge in [0.05, 0.1) is 0 Å². The van der Waals surface area contributed by atoms with Gasteiger partial charge in [-0.05, 0) is 0 Å². The number of rotatable bonds is 0. The Morgan fingerprint density at radius 2 is 1.17 bits per heavy atom. The molecule has 0 heterocycles. The summed E-state index contributed by atoms with van der Waals surface area (Å²) in [6, 6.07) is 0. The predicted octanol–water partition coefficient (Wildman–Crippen LogP) is 0.787. The van der Waals surface area contributed by atoms with Crippen molar-refractivity contribution in [3.63, 3.8) is 0 Å². The minimum absolute atomic E-state index is 0. The molecule has 0 N–H and O–H groups in total. The molecule has 0 aliphatic rings. The third-order valence-corrected chi connectivity index (χ3v) is 0. The zero-order valence-electron chi connectivity index (χ0n) is 2.08. The van der Waals surface area contributed by atoms with E-state index < -0.39 is 5.51 Å². The van der Waals surface area contributed by atoms with Crippen LogP contribution in [0.1, 0.15) is 0 Å². The molecule has 0 rings (SSSR count). The van der Waals surface area contributed by atoms with E-state index in [2.05, 4.69) is 12.6 Å². The summed E-state index contributed by atoms with van der Waals surface area (Å²) in [4.78, 5) is 0. The summed E-state index contributed by atoms with van der Waals surface area (Å²) in [5, 5.41) is 0. The Morgan fingerprint density at radius 3 is 1.17 bits per heavy atom. The quantitative estimate of drug-likeness (QED) is 0.346. The van der Waals surface area contributed by atoms with Crippen LogP contribution in [0.4, 0.5) is 13.2 Å². The third kappa shape index (κ3) is 122. The molecule has 0 bridgehead atoms. The van der Waals surface area contributed by atoms with E-state index >= 15 is 0 Å². The monoisotopic (exact) mass is 110 g/mol. The van der Waals surface area contributed by atoms with Crippen LogP contribution in [0.5, 0.6) is 0 Å². The average Bonchev–Trinajstić information content (AvgIpc) is 0.722. The molecular formula is CH2F3LiS. The van der Waals surface area contributed by atoms with Crippen molar-refractivity contribution in [3.05, 3.63) is 0 Å². The molecule has 0 radical (unpaired) electrons. The molecule has 34 valence electrons. The van der Waals surface area contributed by atoms with Crippen molar-refractivity contribution in [2.75, 3.05) is 0 Å². The van der Waals surface area contributed by atoms with E-state index in [4.69, 9.17) is 0 Å². The van der Waals surface area contributed by atoms with Crippen LogP contribution in [0.15, 0.2) is 0 Å². The normalized spacial score (nSPS) is 10.0. The van der Waals surface area contributed by atoms with E-state index in [1.165, 1.54) is 0 Å². The van der Waals surface area contributed by atoms with Gasteiger partial charge in [-0.2, -0.15) is 13.2 Å². The molecule has 6 heavy (non-hydrogen) atoms. The van der Waals surface area contributed by atoms with Crippen LogP contribution in [-0.2, 0) is 0 Å². The van der Waals surface area contributed by atoms with Crippen LogP contribution in [0.2, 0.25) is 0 Å². The number of hydrogen-bond acceptors (Lipinski definition) is 1. The molecule has 5 heteroatoms. The van der Waals surface area contributed by atoms with E-state index in [0.29, 0.717) is 0 Å². The van der Waals surface area contributed by atoms with Crippen molar-refractivity contribution in [2.24, 2.45) is 0 Å². The molecule has 0 saturated heterocycles. The molecule has 0 nitrogen and oxygen atoms in total. The van der Waals surface area contributed by atoms with Gasteiger partial charge < -0.3 is 0 Å². The topological polar surface area (TPSA) is 0 Å². The van der Waals surface area contributed by atoms with Crippen molar-refractivity contribution in [2.45, 2.75) is 5.51 Å². The van der Waals surface area contributed by atoms with Crippen molar-refractivity contribution >= 4 is 31.5 Å². The van der Waals surface area contributed by atoms with Crippen molar-refractivity contribution in [3.8, 4) is 0 Å². The molecule has 0 fully saturated rings. The molecule has 0 atom stereocenters. The summed E-state index contributed by atoms with van der Waals surface area (Å²) in [5.74, 6) is 0. The van der Waals surface area contributed by atoms with Crippen molar-refractivity contribution in [1.82, 2.24) is 0 Å². The number of hydrogen-bond donors (Lipinski definition) is 1. The fourth-order valence-electron chi connectivity index (χ4n) is 0. The first-order valence-corrected chi connectivity index (χ1v) is 1.24. The fourth-order valence-corrected chi connectivity index (χ4v) is 0. The van der Waals surface area contributed by atoms with Gasteiger partial charge in [-0.15, -0.1) is 0 Å². The minimum atomic E-state index is -4.31. The van der Waals surface area contributed by atoms with Crippen LogP contribution in [0.25, 0.3) is 0 Å². The van der Waals surface area contributed by atoms with Crippen LogP contribution in [-0.4, -0.2) is 24.4 Å². The molecule has 0 spiro atoms. The first-order chi connectivity index (χ1) is 2.00. The van der Waals surface area contributed by atoms with E-state index in [1.807, 2.05) is 0 Å². The van der Waals surface area contributed by atoms with Crippen molar-refractivity contribution in [1.29, 1.82) is 0 Å². The molecule has 0 amide bonds. The Bertz CT molecular complexity index is 26.3. The second-order valence-corrected chi connectivity index (χ2v) is 0.975. The van der Waals surface area contributed by atoms with Gasteiger partial charge in [-0.25, -0.2) is 0 Å². The van der Waals surface area contributed by atoms with Crippen LogP contribution < -0.4 is 0 Å². The van der Waals surface area contributed by atoms with Gasteiger partial charge in [0.25, 0.3) is 0 Å². The van der Waals surface area contributed by atoms with Gasteiger partial charge in [0.2, 0.25) is 0 Å². The SMILES string of the molecule is FC(F)(F)S.[LiH]. The van der Waals surface area contributed by atoms with Crippen LogP contribution in [0, 0.1) is 0 Å². The standard InChI is InChI=1S/CHF3S.Li.H/c2-1(3,4)5;;/h5H;;. The van der Waals surface area contributed by atoms with Gasteiger partial charge in [0, 0.05) is 0 Å². The van der Waals surface area contributed by atoms with Gasteiger partial charge in [0.1, 0.15) is 0 Å². The summed E-state index contributed by atoms with van der Waals surface area (Å²) >= 11 is 2.12. The number of halogens is 3. The van der Waals surface area contributed by atoms with Crippen LogP contribution >= 0.6 is 12.6 Å². The van der Waals surface area contributed by atoms with Gasteiger partial charge in [0.15, 0.2) is 0 Å². The summed E-state index contributed by atoms with van der Waals surface area (Å²) in [6.45, 7) is 0. The first kappa shape index (κ1) is 9.88. The molecule has 0 saturated carbocycles. The second-order valence-electron chi connectivity index (χ2n) is 0.468.